The van der Waals surface area contributed by atoms with Crippen molar-refractivity contribution in [1.29, 1.82) is 0 Å². The summed E-state index contributed by atoms with van der Waals surface area (Å²) in [6, 6.07) is 5.29. The van der Waals surface area contributed by atoms with E-state index in [4.69, 9.17) is 0 Å². The molecule has 1 saturated heterocycles. The number of nitrogens with zero attached hydrogens (tertiary/aromatic N) is 1. The summed E-state index contributed by atoms with van der Waals surface area (Å²) in [7, 11) is 0. The molecule has 1 N–H and O–H groups in total. The van der Waals surface area contributed by atoms with E-state index in [2.05, 4.69) is 37.9 Å². The summed E-state index contributed by atoms with van der Waals surface area (Å²) in [6.07, 6.45) is 3.87. The van der Waals surface area contributed by atoms with Crippen molar-refractivity contribution in [3.63, 3.8) is 0 Å². The van der Waals surface area contributed by atoms with Crippen LogP contribution >= 0.6 is 0 Å². The molecule has 0 saturated carbocycles. The first-order valence-electron chi connectivity index (χ1n) is 8.21. The Labute approximate surface area is 128 Å². The maximum atomic E-state index is 13.7. The quantitative estimate of drug-likeness (QED) is 0.881. The standard InChI is InChI=1S/C18H29FN2/c1-5-20-17(16-13-15(19)10-9-14(16)2)18(3,4)21-11-7-6-8-12-21/h9-10,13,17,20H,5-8,11-12H2,1-4H3. The van der Waals surface area contributed by atoms with Crippen LogP contribution in [0.1, 0.15) is 57.2 Å². The summed E-state index contributed by atoms with van der Waals surface area (Å²) in [6.45, 7) is 11.9. The lowest BCUT2D eigenvalue weighted by molar-refractivity contribution is 0.0610. The van der Waals surface area contributed by atoms with Crippen LogP contribution in [0.25, 0.3) is 0 Å². The van der Waals surface area contributed by atoms with Crippen molar-refractivity contribution in [2.75, 3.05) is 19.6 Å². The average Bonchev–Trinajstić information content (AvgIpc) is 2.48. The second-order valence-electron chi connectivity index (χ2n) is 6.69. The Morgan fingerprint density at radius 3 is 2.52 bits per heavy atom. The summed E-state index contributed by atoms with van der Waals surface area (Å²) >= 11 is 0. The SMILES string of the molecule is CCNC(c1cc(F)ccc1C)C(C)(C)N1CCCCC1. The molecule has 1 fully saturated rings. The van der Waals surface area contributed by atoms with Crippen LogP contribution in [0.3, 0.4) is 0 Å². The van der Waals surface area contributed by atoms with E-state index >= 15 is 0 Å². The van der Waals surface area contributed by atoms with Gasteiger partial charge in [-0.2, -0.15) is 0 Å². The summed E-state index contributed by atoms with van der Waals surface area (Å²) in [5.41, 5.74) is 2.23. The van der Waals surface area contributed by atoms with Crippen LogP contribution < -0.4 is 5.32 Å². The maximum Gasteiger partial charge on any atom is 0.123 e. The fourth-order valence-corrected chi connectivity index (χ4v) is 3.52. The first kappa shape index (κ1) is 16.4. The maximum absolute atomic E-state index is 13.7. The van der Waals surface area contributed by atoms with E-state index in [1.165, 1.54) is 19.3 Å². The van der Waals surface area contributed by atoms with Gasteiger partial charge >= 0.3 is 0 Å². The van der Waals surface area contributed by atoms with E-state index in [-0.39, 0.29) is 17.4 Å². The summed E-state index contributed by atoms with van der Waals surface area (Å²) < 4.78 is 13.7. The monoisotopic (exact) mass is 292 g/mol. The number of hydrogen-bond donors (Lipinski definition) is 1. The average molecular weight is 292 g/mol. The largest absolute Gasteiger partial charge is 0.309 e. The van der Waals surface area contributed by atoms with Crippen molar-refractivity contribution in [1.82, 2.24) is 10.2 Å². The molecule has 2 nitrogen and oxygen atoms in total. The van der Waals surface area contributed by atoms with Gasteiger partial charge in [-0.15, -0.1) is 0 Å². The van der Waals surface area contributed by atoms with E-state index in [0.29, 0.717) is 0 Å². The molecule has 1 atom stereocenters. The molecule has 0 aliphatic carbocycles. The van der Waals surface area contributed by atoms with Gasteiger partial charge in [-0.3, -0.25) is 4.90 Å². The molecule has 0 amide bonds. The lowest BCUT2D eigenvalue weighted by Gasteiger charge is -2.46. The van der Waals surface area contributed by atoms with Gasteiger partial charge in [-0.05, 0) is 76.5 Å². The number of aryl methyl sites for hydroxylation is 1. The molecule has 3 heteroatoms. The van der Waals surface area contributed by atoms with Crippen molar-refractivity contribution in [3.05, 3.63) is 35.1 Å². The zero-order valence-corrected chi connectivity index (χ0v) is 13.9. The van der Waals surface area contributed by atoms with Gasteiger partial charge in [0, 0.05) is 5.54 Å². The lowest BCUT2D eigenvalue weighted by atomic mass is 9.83. The number of halogens is 1. The predicted molar refractivity (Wildman–Crippen MR) is 87.1 cm³/mol. The smallest absolute Gasteiger partial charge is 0.123 e. The Balaban J connectivity index is 2.34. The highest BCUT2D eigenvalue weighted by atomic mass is 19.1. The third kappa shape index (κ3) is 3.64. The second kappa shape index (κ2) is 6.89. The molecule has 1 aromatic carbocycles. The Morgan fingerprint density at radius 1 is 1.24 bits per heavy atom. The highest BCUT2D eigenvalue weighted by Crippen LogP contribution is 2.34. The fraction of sp³-hybridized carbons (Fsp3) is 0.667. The molecule has 1 aliphatic rings. The minimum absolute atomic E-state index is 0.0189. The number of benzene rings is 1. The Hall–Kier alpha value is -0.930. The number of piperidine rings is 1. The lowest BCUT2D eigenvalue weighted by Crippen LogP contribution is -2.54. The highest BCUT2D eigenvalue weighted by Gasteiger charge is 2.37. The number of hydrogen-bond acceptors (Lipinski definition) is 2. The van der Waals surface area contributed by atoms with Crippen LogP contribution in [-0.4, -0.2) is 30.1 Å². The van der Waals surface area contributed by atoms with Gasteiger partial charge in [0.2, 0.25) is 0 Å². The van der Waals surface area contributed by atoms with Crippen molar-refractivity contribution in [2.45, 2.75) is 58.5 Å². The molecule has 0 bridgehead atoms. The van der Waals surface area contributed by atoms with Crippen LogP contribution in [0, 0.1) is 12.7 Å². The molecule has 118 valence electrons. The van der Waals surface area contributed by atoms with Crippen LogP contribution in [0.4, 0.5) is 4.39 Å². The molecule has 0 aromatic heterocycles. The van der Waals surface area contributed by atoms with Gasteiger partial charge in [0.05, 0.1) is 6.04 Å². The molecule has 2 rings (SSSR count). The highest BCUT2D eigenvalue weighted by molar-refractivity contribution is 5.32. The zero-order chi connectivity index (χ0) is 15.5. The molecule has 1 unspecified atom stereocenters. The Kier molecular flexibility index (Phi) is 5.39. The first-order chi connectivity index (χ1) is 9.96. The fourth-order valence-electron chi connectivity index (χ4n) is 3.52. The Morgan fingerprint density at radius 2 is 1.90 bits per heavy atom. The van der Waals surface area contributed by atoms with Gasteiger partial charge in [0.15, 0.2) is 0 Å². The van der Waals surface area contributed by atoms with Crippen molar-refractivity contribution < 1.29 is 4.39 Å². The molecule has 1 aromatic rings. The van der Waals surface area contributed by atoms with E-state index in [1.807, 2.05) is 6.07 Å². The van der Waals surface area contributed by atoms with Crippen molar-refractivity contribution >= 4 is 0 Å². The molecule has 0 radical (unpaired) electrons. The van der Waals surface area contributed by atoms with Crippen LogP contribution in [-0.2, 0) is 0 Å². The molecule has 1 aliphatic heterocycles. The topological polar surface area (TPSA) is 15.3 Å². The number of rotatable bonds is 5. The summed E-state index contributed by atoms with van der Waals surface area (Å²) in [4.78, 5) is 2.56. The number of likely N-dealkylation sites (N-methyl/N-ethyl adjacent to an activating group) is 1. The van der Waals surface area contributed by atoms with Gasteiger partial charge in [-0.1, -0.05) is 19.4 Å². The normalized spacial score (nSPS) is 18.7. The minimum Gasteiger partial charge on any atom is -0.309 e. The van der Waals surface area contributed by atoms with Gasteiger partial charge in [-0.25, -0.2) is 4.39 Å². The molecule has 21 heavy (non-hydrogen) atoms. The summed E-state index contributed by atoms with van der Waals surface area (Å²) in [5, 5.41) is 3.60. The van der Waals surface area contributed by atoms with Crippen molar-refractivity contribution in [3.8, 4) is 0 Å². The van der Waals surface area contributed by atoms with Gasteiger partial charge in [0.25, 0.3) is 0 Å². The third-order valence-electron chi connectivity index (χ3n) is 4.84. The van der Waals surface area contributed by atoms with E-state index < -0.39 is 0 Å². The molecular weight excluding hydrogens is 263 g/mol. The van der Waals surface area contributed by atoms with E-state index in [9.17, 15) is 4.39 Å². The van der Waals surface area contributed by atoms with Crippen molar-refractivity contribution in [2.24, 2.45) is 0 Å². The van der Waals surface area contributed by atoms with Gasteiger partial charge < -0.3 is 5.32 Å². The molecular formula is C18H29FN2. The zero-order valence-electron chi connectivity index (χ0n) is 13.9. The van der Waals surface area contributed by atoms with E-state index in [0.717, 1.165) is 30.8 Å². The first-order valence-corrected chi connectivity index (χ1v) is 8.21. The number of nitrogens with one attached hydrogen (secondary N) is 1. The Bertz CT molecular complexity index is 464. The summed E-state index contributed by atoms with van der Waals surface area (Å²) in [5.74, 6) is -0.145. The predicted octanol–water partition coefficient (Wildman–Crippen LogP) is 4.05. The molecule has 1 heterocycles. The molecule has 0 spiro atoms. The van der Waals surface area contributed by atoms with Crippen LogP contribution in [0.5, 0.6) is 0 Å². The third-order valence-corrected chi connectivity index (χ3v) is 4.84. The van der Waals surface area contributed by atoms with E-state index in [1.54, 1.807) is 12.1 Å². The van der Waals surface area contributed by atoms with Crippen LogP contribution in [0.2, 0.25) is 0 Å². The minimum atomic E-state index is -0.145. The number of likely N-dealkylation sites (tertiary alicyclic amines) is 1. The van der Waals surface area contributed by atoms with Gasteiger partial charge in [0.1, 0.15) is 5.82 Å². The van der Waals surface area contributed by atoms with Crippen LogP contribution in [0.15, 0.2) is 18.2 Å². The second-order valence-corrected chi connectivity index (χ2v) is 6.69.